The highest BCUT2D eigenvalue weighted by molar-refractivity contribution is 7.91. The van der Waals surface area contributed by atoms with Crippen LogP contribution in [0.4, 0.5) is 4.79 Å². The number of carbonyl (C=O) groups is 1. The standard InChI is InChI=1S/C18H27N3O3S/c1-13(2)21-10-14(3)16(12-21)19-18(22)20-8-9-25(23,24)17-7-5-4-6-15(17)11-20/h4-7,13-14,16H,8-12H2,1-3H3,(H,19,22). The van der Waals surface area contributed by atoms with E-state index in [1.165, 1.54) is 0 Å². The maximum absolute atomic E-state index is 12.8. The number of carbonyl (C=O) groups excluding carboxylic acids is 1. The lowest BCUT2D eigenvalue weighted by Gasteiger charge is -2.25. The van der Waals surface area contributed by atoms with Crippen LogP contribution in [0.3, 0.4) is 0 Å². The van der Waals surface area contributed by atoms with E-state index in [1.807, 2.05) is 6.07 Å². The normalized spacial score (nSPS) is 26.3. The van der Waals surface area contributed by atoms with E-state index in [0.29, 0.717) is 29.0 Å². The highest BCUT2D eigenvalue weighted by Crippen LogP contribution is 2.23. The molecule has 1 aromatic rings. The van der Waals surface area contributed by atoms with Gasteiger partial charge in [0, 0.05) is 38.3 Å². The van der Waals surface area contributed by atoms with Crippen LogP contribution in [0.2, 0.25) is 0 Å². The smallest absolute Gasteiger partial charge is 0.318 e. The Kier molecular flexibility index (Phi) is 5.06. The number of benzene rings is 1. The first-order valence-electron chi connectivity index (χ1n) is 8.88. The van der Waals surface area contributed by atoms with E-state index in [-0.39, 0.29) is 24.4 Å². The third kappa shape index (κ3) is 3.82. The van der Waals surface area contributed by atoms with Gasteiger partial charge < -0.3 is 10.2 Å². The molecule has 138 valence electrons. The quantitative estimate of drug-likeness (QED) is 0.866. The van der Waals surface area contributed by atoms with E-state index >= 15 is 0 Å². The van der Waals surface area contributed by atoms with E-state index in [0.717, 1.165) is 13.1 Å². The van der Waals surface area contributed by atoms with Crippen molar-refractivity contribution in [3.05, 3.63) is 29.8 Å². The van der Waals surface area contributed by atoms with Crippen LogP contribution >= 0.6 is 0 Å². The van der Waals surface area contributed by atoms with Gasteiger partial charge in [-0.2, -0.15) is 0 Å². The molecule has 2 atom stereocenters. The lowest BCUT2D eigenvalue weighted by molar-refractivity contribution is 0.191. The first-order chi connectivity index (χ1) is 11.8. The molecule has 0 saturated carbocycles. The molecule has 1 saturated heterocycles. The van der Waals surface area contributed by atoms with Crippen LogP contribution in [0, 0.1) is 5.92 Å². The van der Waals surface area contributed by atoms with Crippen molar-refractivity contribution in [2.75, 3.05) is 25.4 Å². The number of nitrogens with zero attached hydrogens (tertiary/aromatic N) is 2. The molecular weight excluding hydrogens is 338 g/mol. The molecule has 0 bridgehead atoms. The number of urea groups is 1. The van der Waals surface area contributed by atoms with Crippen LogP contribution in [0.25, 0.3) is 0 Å². The summed E-state index contributed by atoms with van der Waals surface area (Å²) in [5, 5.41) is 3.12. The van der Waals surface area contributed by atoms with Gasteiger partial charge in [0.1, 0.15) is 0 Å². The second-order valence-corrected chi connectivity index (χ2v) is 9.51. The number of sulfone groups is 1. The number of hydrogen-bond donors (Lipinski definition) is 1. The Labute approximate surface area is 150 Å². The summed E-state index contributed by atoms with van der Waals surface area (Å²) in [5.74, 6) is 0.352. The summed E-state index contributed by atoms with van der Waals surface area (Å²) < 4.78 is 24.8. The minimum atomic E-state index is -3.33. The zero-order chi connectivity index (χ0) is 18.2. The number of hydrogen-bond acceptors (Lipinski definition) is 4. The zero-order valence-corrected chi connectivity index (χ0v) is 15.9. The van der Waals surface area contributed by atoms with Crippen molar-refractivity contribution in [1.29, 1.82) is 0 Å². The molecule has 2 aliphatic heterocycles. The minimum absolute atomic E-state index is 0.0320. The predicted octanol–water partition coefficient (Wildman–Crippen LogP) is 1.71. The summed E-state index contributed by atoms with van der Waals surface area (Å²) in [6.07, 6.45) is 0. The molecule has 0 aromatic heterocycles. The van der Waals surface area contributed by atoms with E-state index in [2.05, 4.69) is 31.0 Å². The van der Waals surface area contributed by atoms with Gasteiger partial charge in [-0.25, -0.2) is 13.2 Å². The maximum atomic E-state index is 12.8. The van der Waals surface area contributed by atoms with Crippen LogP contribution in [0.15, 0.2) is 29.2 Å². The highest BCUT2D eigenvalue weighted by atomic mass is 32.2. The average Bonchev–Trinajstić information content (AvgIpc) is 2.85. The summed E-state index contributed by atoms with van der Waals surface area (Å²) in [7, 11) is -3.33. The van der Waals surface area contributed by atoms with E-state index < -0.39 is 9.84 Å². The first kappa shape index (κ1) is 18.2. The fourth-order valence-corrected chi connectivity index (χ4v) is 5.10. The van der Waals surface area contributed by atoms with Crippen LogP contribution in [0.1, 0.15) is 26.3 Å². The highest BCUT2D eigenvalue weighted by Gasteiger charge is 2.34. The number of fused-ring (bicyclic) bond motifs is 1. The summed E-state index contributed by atoms with van der Waals surface area (Å²) in [6.45, 7) is 8.83. The molecule has 2 unspecified atom stereocenters. The molecule has 2 aliphatic rings. The van der Waals surface area contributed by atoms with Crippen molar-refractivity contribution in [2.45, 2.75) is 44.3 Å². The largest absolute Gasteiger partial charge is 0.334 e. The second kappa shape index (κ2) is 6.96. The second-order valence-electron chi connectivity index (χ2n) is 7.43. The van der Waals surface area contributed by atoms with Gasteiger partial charge in [0.05, 0.1) is 10.6 Å². The maximum Gasteiger partial charge on any atom is 0.318 e. The zero-order valence-electron chi connectivity index (χ0n) is 15.1. The third-order valence-corrected chi connectivity index (χ3v) is 7.05. The number of amides is 2. The van der Waals surface area contributed by atoms with Crippen molar-refractivity contribution in [3.63, 3.8) is 0 Å². The molecule has 25 heavy (non-hydrogen) atoms. The molecular formula is C18H27N3O3S. The molecule has 7 heteroatoms. The molecule has 0 radical (unpaired) electrons. The van der Waals surface area contributed by atoms with E-state index in [4.69, 9.17) is 0 Å². The van der Waals surface area contributed by atoms with Crippen molar-refractivity contribution in [3.8, 4) is 0 Å². The summed E-state index contributed by atoms with van der Waals surface area (Å²) in [5.41, 5.74) is 0.693. The Morgan fingerprint density at radius 2 is 1.96 bits per heavy atom. The lowest BCUT2D eigenvalue weighted by Crippen LogP contribution is -2.48. The molecule has 0 aliphatic carbocycles. The predicted molar refractivity (Wildman–Crippen MR) is 97.1 cm³/mol. The fourth-order valence-electron chi connectivity index (χ4n) is 3.60. The van der Waals surface area contributed by atoms with E-state index in [9.17, 15) is 13.2 Å². The number of nitrogens with one attached hydrogen (secondary N) is 1. The number of rotatable bonds is 2. The monoisotopic (exact) mass is 365 g/mol. The Morgan fingerprint density at radius 3 is 2.64 bits per heavy atom. The van der Waals surface area contributed by atoms with Crippen LogP contribution in [-0.4, -0.2) is 61.7 Å². The van der Waals surface area contributed by atoms with Crippen LogP contribution < -0.4 is 5.32 Å². The van der Waals surface area contributed by atoms with Gasteiger partial charge in [-0.15, -0.1) is 0 Å². The molecule has 1 aromatic carbocycles. The Bertz CT molecular complexity index is 748. The summed E-state index contributed by atoms with van der Waals surface area (Å²) >= 11 is 0. The van der Waals surface area contributed by atoms with Crippen LogP contribution in [0.5, 0.6) is 0 Å². The Hall–Kier alpha value is -1.60. The van der Waals surface area contributed by atoms with Gasteiger partial charge in [-0.1, -0.05) is 25.1 Å². The van der Waals surface area contributed by atoms with Crippen molar-refractivity contribution in [2.24, 2.45) is 5.92 Å². The van der Waals surface area contributed by atoms with Gasteiger partial charge in [-0.05, 0) is 31.4 Å². The van der Waals surface area contributed by atoms with E-state index in [1.54, 1.807) is 23.1 Å². The number of likely N-dealkylation sites (tertiary alicyclic amines) is 1. The summed E-state index contributed by atoms with van der Waals surface area (Å²) in [6, 6.07) is 7.35. The van der Waals surface area contributed by atoms with Crippen molar-refractivity contribution >= 4 is 15.9 Å². The van der Waals surface area contributed by atoms with Gasteiger partial charge in [0.25, 0.3) is 0 Å². The Morgan fingerprint density at radius 1 is 1.24 bits per heavy atom. The van der Waals surface area contributed by atoms with Crippen molar-refractivity contribution < 1.29 is 13.2 Å². The molecule has 3 rings (SSSR count). The average molecular weight is 365 g/mol. The SMILES string of the molecule is CC1CN(C(C)C)CC1NC(=O)N1CCS(=O)(=O)c2ccccc2C1. The van der Waals surface area contributed by atoms with Gasteiger partial charge in [0.2, 0.25) is 0 Å². The molecule has 1 N–H and O–H groups in total. The van der Waals surface area contributed by atoms with Gasteiger partial charge in [0.15, 0.2) is 9.84 Å². The summed E-state index contributed by atoms with van der Waals surface area (Å²) in [4.78, 5) is 17.1. The molecule has 2 heterocycles. The van der Waals surface area contributed by atoms with Crippen LogP contribution in [-0.2, 0) is 16.4 Å². The van der Waals surface area contributed by atoms with Crippen molar-refractivity contribution in [1.82, 2.24) is 15.1 Å². The minimum Gasteiger partial charge on any atom is -0.334 e. The Balaban J connectivity index is 1.72. The van der Waals surface area contributed by atoms with Gasteiger partial charge in [-0.3, -0.25) is 4.90 Å². The fraction of sp³-hybridized carbons (Fsp3) is 0.611. The molecule has 0 spiro atoms. The molecule has 2 amide bonds. The van der Waals surface area contributed by atoms with Gasteiger partial charge >= 0.3 is 6.03 Å². The molecule has 1 fully saturated rings. The first-order valence-corrected chi connectivity index (χ1v) is 10.5. The topological polar surface area (TPSA) is 69.7 Å². The third-order valence-electron chi connectivity index (χ3n) is 5.27. The molecule has 6 nitrogen and oxygen atoms in total. The lowest BCUT2D eigenvalue weighted by atomic mass is 10.1.